The summed E-state index contributed by atoms with van der Waals surface area (Å²) in [6.07, 6.45) is 10.1. The minimum absolute atomic E-state index is 0.112. The summed E-state index contributed by atoms with van der Waals surface area (Å²) >= 11 is 11.8. The Bertz CT molecular complexity index is 963. The molecule has 2 aromatic rings. The van der Waals surface area contributed by atoms with Crippen LogP contribution in [0.2, 0.25) is 10.0 Å². The average molecular weight is 493 g/mol. The Labute approximate surface area is 205 Å². The maximum atomic E-state index is 12.4. The van der Waals surface area contributed by atoms with Crippen LogP contribution in [0.25, 0.3) is 0 Å². The summed E-state index contributed by atoms with van der Waals surface area (Å²) in [5, 5.41) is 4.61. The molecule has 2 rings (SSSR count). The van der Waals surface area contributed by atoms with Crippen LogP contribution in [0.3, 0.4) is 0 Å². The second-order valence-corrected chi connectivity index (χ2v) is 8.41. The zero-order valence-corrected chi connectivity index (χ0v) is 20.5. The Morgan fingerprint density at radius 2 is 1.67 bits per heavy atom. The fourth-order valence-corrected chi connectivity index (χ4v) is 3.41. The van der Waals surface area contributed by atoms with E-state index in [1.807, 2.05) is 0 Å². The molecular formula is C25H30Cl2N2O4. The quantitative estimate of drug-likeness (QED) is 0.109. The first-order valence-corrected chi connectivity index (χ1v) is 11.9. The summed E-state index contributed by atoms with van der Waals surface area (Å²) in [6, 6.07) is 9.44. The van der Waals surface area contributed by atoms with Crippen molar-refractivity contribution in [1.82, 2.24) is 5.43 Å². The van der Waals surface area contributed by atoms with Gasteiger partial charge < -0.3 is 9.47 Å². The monoisotopic (exact) mass is 492 g/mol. The number of nitrogens with one attached hydrogen (secondary N) is 1. The van der Waals surface area contributed by atoms with Crippen molar-refractivity contribution < 1.29 is 19.1 Å². The highest BCUT2D eigenvalue weighted by molar-refractivity contribution is 6.42. The molecular weight excluding hydrogens is 463 g/mol. The zero-order chi connectivity index (χ0) is 24.1. The third kappa shape index (κ3) is 9.44. The molecule has 2 aromatic carbocycles. The predicted octanol–water partition coefficient (Wildman–Crippen LogP) is 6.81. The number of benzene rings is 2. The van der Waals surface area contributed by atoms with Gasteiger partial charge in [0.1, 0.15) is 0 Å². The number of rotatable bonds is 13. The SMILES string of the molecule is CCCCCCCCCC(=O)N/N=C/c1ccc(OC(=O)c2ccc(Cl)c(Cl)c2)c(OC)c1. The molecule has 1 amide bonds. The molecule has 0 atom stereocenters. The zero-order valence-electron chi connectivity index (χ0n) is 19.0. The van der Waals surface area contributed by atoms with Crippen LogP contribution in [-0.4, -0.2) is 25.2 Å². The third-order valence-electron chi connectivity index (χ3n) is 4.96. The van der Waals surface area contributed by atoms with E-state index in [-0.39, 0.29) is 22.2 Å². The fourth-order valence-electron chi connectivity index (χ4n) is 3.11. The highest BCUT2D eigenvalue weighted by Gasteiger charge is 2.14. The fraction of sp³-hybridized carbons (Fsp3) is 0.400. The third-order valence-corrected chi connectivity index (χ3v) is 5.69. The first kappa shape index (κ1) is 26.7. The van der Waals surface area contributed by atoms with Gasteiger partial charge in [-0.05, 0) is 48.4 Å². The molecule has 0 fully saturated rings. The Hall–Kier alpha value is -2.57. The molecule has 0 aliphatic heterocycles. The summed E-state index contributed by atoms with van der Waals surface area (Å²) in [4.78, 5) is 24.3. The highest BCUT2D eigenvalue weighted by atomic mass is 35.5. The van der Waals surface area contributed by atoms with Crippen molar-refractivity contribution in [3.8, 4) is 11.5 Å². The van der Waals surface area contributed by atoms with E-state index < -0.39 is 5.97 Å². The highest BCUT2D eigenvalue weighted by Crippen LogP contribution is 2.29. The molecule has 0 saturated carbocycles. The molecule has 1 N–H and O–H groups in total. The maximum absolute atomic E-state index is 12.4. The minimum Gasteiger partial charge on any atom is -0.493 e. The van der Waals surface area contributed by atoms with E-state index in [1.165, 1.54) is 63.6 Å². The van der Waals surface area contributed by atoms with Crippen LogP contribution in [-0.2, 0) is 4.79 Å². The van der Waals surface area contributed by atoms with Gasteiger partial charge in [0, 0.05) is 6.42 Å². The molecule has 0 radical (unpaired) electrons. The molecule has 178 valence electrons. The van der Waals surface area contributed by atoms with Crippen LogP contribution in [0.5, 0.6) is 11.5 Å². The lowest BCUT2D eigenvalue weighted by atomic mass is 10.1. The van der Waals surface area contributed by atoms with Gasteiger partial charge in [-0.3, -0.25) is 4.79 Å². The Kier molecular flexibility index (Phi) is 11.8. The molecule has 0 aliphatic rings. The van der Waals surface area contributed by atoms with E-state index in [9.17, 15) is 9.59 Å². The predicted molar refractivity (Wildman–Crippen MR) is 133 cm³/mol. The normalized spacial score (nSPS) is 10.9. The molecule has 0 saturated heterocycles. The number of carbonyl (C=O) groups excluding carboxylic acids is 2. The van der Waals surface area contributed by atoms with Gasteiger partial charge in [-0.25, -0.2) is 10.2 Å². The molecule has 33 heavy (non-hydrogen) atoms. The van der Waals surface area contributed by atoms with Gasteiger partial charge in [-0.2, -0.15) is 5.10 Å². The van der Waals surface area contributed by atoms with Crippen LogP contribution >= 0.6 is 23.2 Å². The van der Waals surface area contributed by atoms with Gasteiger partial charge in [0.2, 0.25) is 5.91 Å². The first-order valence-electron chi connectivity index (χ1n) is 11.1. The molecule has 0 unspecified atom stereocenters. The van der Waals surface area contributed by atoms with E-state index in [0.29, 0.717) is 22.8 Å². The Morgan fingerprint density at radius 1 is 0.939 bits per heavy atom. The second-order valence-electron chi connectivity index (χ2n) is 7.59. The maximum Gasteiger partial charge on any atom is 0.343 e. The van der Waals surface area contributed by atoms with Crippen molar-refractivity contribution in [2.24, 2.45) is 5.10 Å². The molecule has 0 bridgehead atoms. The van der Waals surface area contributed by atoms with Gasteiger partial charge in [0.15, 0.2) is 11.5 Å². The van der Waals surface area contributed by atoms with Crippen LogP contribution in [0.15, 0.2) is 41.5 Å². The van der Waals surface area contributed by atoms with Crippen LogP contribution in [0.4, 0.5) is 0 Å². The van der Waals surface area contributed by atoms with Crippen molar-refractivity contribution in [3.63, 3.8) is 0 Å². The van der Waals surface area contributed by atoms with Gasteiger partial charge in [0.05, 0.1) is 28.9 Å². The molecule has 0 heterocycles. The number of halogens is 2. The lowest BCUT2D eigenvalue weighted by Gasteiger charge is -2.10. The molecule has 8 heteroatoms. The number of ether oxygens (including phenoxy) is 2. The summed E-state index contributed by atoms with van der Waals surface area (Å²) in [5.41, 5.74) is 3.48. The number of carbonyl (C=O) groups is 2. The Balaban J connectivity index is 1.84. The van der Waals surface area contributed by atoms with Crippen LogP contribution in [0.1, 0.15) is 74.2 Å². The summed E-state index contributed by atoms with van der Waals surface area (Å²) in [7, 11) is 1.47. The number of nitrogens with zero attached hydrogens (tertiary/aromatic N) is 1. The van der Waals surface area contributed by atoms with E-state index in [1.54, 1.807) is 18.2 Å². The minimum atomic E-state index is -0.592. The summed E-state index contributed by atoms with van der Waals surface area (Å²) in [6.45, 7) is 2.20. The standard InChI is InChI=1S/C25H30Cl2N2O4/c1-3-4-5-6-7-8-9-10-24(30)29-28-17-18-11-14-22(23(15-18)32-2)33-25(31)19-12-13-20(26)21(27)16-19/h11-17H,3-10H2,1-2H3,(H,29,30)/b28-17+. The molecule has 0 aromatic heterocycles. The van der Waals surface area contributed by atoms with Crippen molar-refractivity contribution in [2.45, 2.75) is 58.3 Å². The van der Waals surface area contributed by atoms with Crippen LogP contribution < -0.4 is 14.9 Å². The lowest BCUT2D eigenvalue weighted by molar-refractivity contribution is -0.121. The number of methoxy groups -OCH3 is 1. The van der Waals surface area contributed by atoms with E-state index in [2.05, 4.69) is 17.5 Å². The lowest BCUT2D eigenvalue weighted by Crippen LogP contribution is -2.16. The van der Waals surface area contributed by atoms with Gasteiger partial charge >= 0.3 is 5.97 Å². The smallest absolute Gasteiger partial charge is 0.343 e. The van der Waals surface area contributed by atoms with Crippen LogP contribution in [0, 0.1) is 0 Å². The average Bonchev–Trinajstić information content (AvgIpc) is 2.81. The van der Waals surface area contributed by atoms with Crippen molar-refractivity contribution in [2.75, 3.05) is 7.11 Å². The summed E-state index contributed by atoms with van der Waals surface area (Å²) < 4.78 is 10.7. The van der Waals surface area contributed by atoms with Crippen molar-refractivity contribution in [3.05, 3.63) is 57.6 Å². The largest absolute Gasteiger partial charge is 0.493 e. The number of hydrazone groups is 1. The molecule has 0 spiro atoms. The van der Waals surface area contributed by atoms with Gasteiger partial charge in [-0.15, -0.1) is 0 Å². The number of hydrogen-bond acceptors (Lipinski definition) is 5. The van der Waals surface area contributed by atoms with E-state index in [4.69, 9.17) is 32.7 Å². The first-order chi connectivity index (χ1) is 15.9. The number of esters is 1. The van der Waals surface area contributed by atoms with E-state index >= 15 is 0 Å². The number of amides is 1. The summed E-state index contributed by atoms with van der Waals surface area (Å²) in [5.74, 6) is -0.111. The Morgan fingerprint density at radius 3 is 2.36 bits per heavy atom. The van der Waals surface area contributed by atoms with Gasteiger partial charge in [-0.1, -0.05) is 68.7 Å². The molecule has 6 nitrogen and oxygen atoms in total. The van der Waals surface area contributed by atoms with Crippen molar-refractivity contribution in [1.29, 1.82) is 0 Å². The number of unbranched alkanes of at least 4 members (excludes halogenated alkanes) is 6. The number of hydrogen-bond donors (Lipinski definition) is 1. The van der Waals surface area contributed by atoms with Gasteiger partial charge in [0.25, 0.3) is 0 Å². The van der Waals surface area contributed by atoms with Crippen molar-refractivity contribution >= 4 is 41.3 Å². The van der Waals surface area contributed by atoms with E-state index in [0.717, 1.165) is 12.8 Å². The topological polar surface area (TPSA) is 77.0 Å². The molecule has 0 aliphatic carbocycles. The second kappa shape index (κ2) is 14.6.